The van der Waals surface area contributed by atoms with Crippen LogP contribution in [-0.4, -0.2) is 82.8 Å². The van der Waals surface area contributed by atoms with Gasteiger partial charge in [0.15, 0.2) is 23.2 Å². The number of hydrogen-bond acceptors (Lipinski definition) is 10. The normalized spacial score (nSPS) is 23.6. The monoisotopic (exact) mass is 508 g/mol. The van der Waals surface area contributed by atoms with Crippen LogP contribution in [0.15, 0.2) is 43.0 Å². The molecule has 2 unspecified atom stereocenters. The molecule has 1 fully saturated rings. The third kappa shape index (κ3) is 5.62. The standard InChI is InChI=1S/C19H21N6O9P/c26-12(27)7-35(31,32)33-6-11-14(28)15(29)18(34-11)25-9-22-13-16(20-8-21-17(13)25)24-19(30)23-10-4-2-1-3-5-10/h1-5,8-9,11,14-15,18,28-29H,6-7H2,(H,26,27)(H,31,32)(H2,20,21,23,24,30)/t11-,14?,15+,18-/m1/s1. The summed E-state index contributed by atoms with van der Waals surface area (Å²) in [4.78, 5) is 44.9. The molecule has 0 saturated carbocycles. The molecule has 0 radical (unpaired) electrons. The number of aliphatic carboxylic acids is 1. The Labute approximate surface area is 196 Å². The van der Waals surface area contributed by atoms with E-state index in [4.69, 9.17) is 14.4 Å². The lowest BCUT2D eigenvalue weighted by Gasteiger charge is -2.17. The van der Waals surface area contributed by atoms with Crippen LogP contribution >= 0.6 is 7.60 Å². The van der Waals surface area contributed by atoms with Crippen molar-refractivity contribution in [2.24, 2.45) is 0 Å². The summed E-state index contributed by atoms with van der Waals surface area (Å²) in [6.45, 7) is -0.649. The van der Waals surface area contributed by atoms with Gasteiger partial charge in [0.25, 0.3) is 0 Å². The molecular formula is C19H21N6O9P. The van der Waals surface area contributed by atoms with Gasteiger partial charge in [-0.3, -0.25) is 19.2 Å². The highest BCUT2D eigenvalue weighted by Crippen LogP contribution is 2.43. The van der Waals surface area contributed by atoms with Crippen molar-refractivity contribution in [1.29, 1.82) is 0 Å². The van der Waals surface area contributed by atoms with Crippen LogP contribution in [0.5, 0.6) is 0 Å². The van der Waals surface area contributed by atoms with Gasteiger partial charge in [0.05, 0.1) is 12.9 Å². The molecule has 4 rings (SSSR count). The maximum Gasteiger partial charge on any atom is 0.339 e. The van der Waals surface area contributed by atoms with Crippen molar-refractivity contribution >= 4 is 42.3 Å². The first kappa shape index (κ1) is 24.7. The Balaban J connectivity index is 1.48. The van der Waals surface area contributed by atoms with Crippen molar-refractivity contribution in [2.45, 2.75) is 24.5 Å². The van der Waals surface area contributed by atoms with Crippen molar-refractivity contribution in [3.05, 3.63) is 43.0 Å². The molecular weight excluding hydrogens is 487 g/mol. The molecule has 16 heteroatoms. The fourth-order valence-electron chi connectivity index (χ4n) is 3.42. The highest BCUT2D eigenvalue weighted by atomic mass is 31.2. The third-order valence-corrected chi connectivity index (χ3v) is 6.23. The molecule has 1 aliphatic rings. The van der Waals surface area contributed by atoms with E-state index >= 15 is 0 Å². The Morgan fingerprint density at radius 2 is 1.86 bits per heavy atom. The second kappa shape index (κ2) is 10.0. The molecule has 5 atom stereocenters. The van der Waals surface area contributed by atoms with Gasteiger partial charge in [0.1, 0.15) is 30.8 Å². The Hall–Kier alpha value is -3.46. The van der Waals surface area contributed by atoms with E-state index < -0.39 is 56.9 Å². The number of amides is 2. The summed E-state index contributed by atoms with van der Waals surface area (Å²) in [5.74, 6) is -1.46. The number of aromatic nitrogens is 4. The molecule has 15 nitrogen and oxygen atoms in total. The number of ether oxygens (including phenoxy) is 1. The zero-order valence-electron chi connectivity index (χ0n) is 17.8. The lowest BCUT2D eigenvalue weighted by Crippen LogP contribution is -2.33. The van der Waals surface area contributed by atoms with Gasteiger partial charge in [-0.2, -0.15) is 0 Å². The zero-order chi connectivity index (χ0) is 25.2. The summed E-state index contributed by atoms with van der Waals surface area (Å²) >= 11 is 0. The van der Waals surface area contributed by atoms with Crippen molar-refractivity contribution in [1.82, 2.24) is 19.5 Å². The second-order valence-corrected chi connectivity index (χ2v) is 9.37. The SMILES string of the molecule is O=C(O)CP(=O)(O)OC[C@H]1O[C@@H](n2cnc3c(NC(=O)Nc4ccccc4)ncnc32)[C@@H](O)C1O. The summed E-state index contributed by atoms with van der Waals surface area (Å²) in [5.41, 5.74) is 0.884. The van der Waals surface area contributed by atoms with Gasteiger partial charge in [0.2, 0.25) is 0 Å². The molecule has 1 aromatic carbocycles. The maximum absolute atomic E-state index is 12.3. The number of fused-ring (bicyclic) bond motifs is 1. The Morgan fingerprint density at radius 1 is 1.11 bits per heavy atom. The number of carbonyl (C=O) groups is 2. The highest BCUT2D eigenvalue weighted by molar-refractivity contribution is 7.53. The first-order valence-corrected chi connectivity index (χ1v) is 11.9. The van der Waals surface area contributed by atoms with E-state index in [-0.39, 0.29) is 17.0 Å². The average Bonchev–Trinajstić information content (AvgIpc) is 3.34. The van der Waals surface area contributed by atoms with E-state index in [1.807, 2.05) is 0 Å². The molecule has 186 valence electrons. The number of imidazole rings is 1. The van der Waals surface area contributed by atoms with Crippen LogP contribution in [-0.2, 0) is 18.6 Å². The lowest BCUT2D eigenvalue weighted by molar-refractivity contribution is -0.134. The predicted molar refractivity (Wildman–Crippen MR) is 119 cm³/mol. The van der Waals surface area contributed by atoms with E-state index in [2.05, 4.69) is 25.6 Å². The van der Waals surface area contributed by atoms with Crippen LogP contribution < -0.4 is 10.6 Å². The van der Waals surface area contributed by atoms with Gasteiger partial charge >= 0.3 is 19.6 Å². The summed E-state index contributed by atoms with van der Waals surface area (Å²) in [7, 11) is -4.47. The summed E-state index contributed by atoms with van der Waals surface area (Å²) in [6, 6.07) is 8.13. The largest absolute Gasteiger partial charge is 0.481 e. The van der Waals surface area contributed by atoms with Crippen molar-refractivity contribution in [3.63, 3.8) is 0 Å². The minimum absolute atomic E-state index is 0.0741. The smallest absolute Gasteiger partial charge is 0.339 e. The number of urea groups is 1. The first-order chi connectivity index (χ1) is 16.6. The molecule has 3 heterocycles. The number of benzene rings is 1. The Morgan fingerprint density at radius 3 is 2.57 bits per heavy atom. The minimum Gasteiger partial charge on any atom is -0.481 e. The van der Waals surface area contributed by atoms with Gasteiger partial charge in [-0.1, -0.05) is 18.2 Å². The van der Waals surface area contributed by atoms with Crippen LogP contribution in [0.25, 0.3) is 11.2 Å². The average molecular weight is 508 g/mol. The van der Waals surface area contributed by atoms with Gasteiger partial charge in [0, 0.05) is 5.69 Å². The highest BCUT2D eigenvalue weighted by Gasteiger charge is 2.45. The quantitative estimate of drug-likeness (QED) is 0.227. The molecule has 0 bridgehead atoms. The predicted octanol–water partition coefficient (Wildman–Crippen LogP) is 0.376. The number of carboxylic acids is 1. The number of para-hydroxylation sites is 1. The van der Waals surface area contributed by atoms with Crippen LogP contribution in [0.3, 0.4) is 0 Å². The third-order valence-electron chi connectivity index (χ3n) is 5.01. The van der Waals surface area contributed by atoms with Gasteiger partial charge < -0.3 is 34.8 Å². The zero-order valence-corrected chi connectivity index (χ0v) is 18.7. The Kier molecular flexibility index (Phi) is 7.07. The molecule has 3 aromatic rings. The molecule has 2 aromatic heterocycles. The molecule has 1 saturated heterocycles. The van der Waals surface area contributed by atoms with Crippen LogP contribution in [0.4, 0.5) is 16.3 Å². The fraction of sp³-hybridized carbons (Fsp3) is 0.316. The molecule has 0 spiro atoms. The molecule has 6 N–H and O–H groups in total. The van der Waals surface area contributed by atoms with E-state index in [1.165, 1.54) is 10.9 Å². The fourth-order valence-corrected chi connectivity index (χ4v) is 4.24. The lowest BCUT2D eigenvalue weighted by atomic mass is 10.1. The van der Waals surface area contributed by atoms with E-state index in [9.17, 15) is 29.3 Å². The number of rotatable bonds is 8. The number of anilines is 2. The van der Waals surface area contributed by atoms with E-state index in [1.54, 1.807) is 30.3 Å². The van der Waals surface area contributed by atoms with Crippen LogP contribution in [0.2, 0.25) is 0 Å². The van der Waals surface area contributed by atoms with Gasteiger partial charge in [-0.05, 0) is 12.1 Å². The number of carboxylic acid groups (broad SMARTS) is 1. The second-order valence-electron chi connectivity index (χ2n) is 7.52. The van der Waals surface area contributed by atoms with Gasteiger partial charge in [-0.15, -0.1) is 0 Å². The number of nitrogens with one attached hydrogen (secondary N) is 2. The number of nitrogens with zero attached hydrogens (tertiary/aromatic N) is 4. The van der Waals surface area contributed by atoms with Crippen LogP contribution in [0, 0.1) is 0 Å². The van der Waals surface area contributed by atoms with Crippen molar-refractivity contribution in [3.8, 4) is 0 Å². The number of aliphatic hydroxyl groups excluding tert-OH is 2. The molecule has 0 aliphatic carbocycles. The molecule has 2 amide bonds. The Bertz CT molecular complexity index is 1270. The summed E-state index contributed by atoms with van der Waals surface area (Å²) < 4.78 is 23.4. The summed E-state index contributed by atoms with van der Waals surface area (Å²) in [5, 5.41) is 34.7. The van der Waals surface area contributed by atoms with Crippen molar-refractivity contribution in [2.75, 3.05) is 23.4 Å². The minimum atomic E-state index is -4.47. The number of carbonyl (C=O) groups excluding carboxylic acids is 1. The molecule has 1 aliphatic heterocycles. The van der Waals surface area contributed by atoms with Gasteiger partial charge in [-0.25, -0.2) is 19.7 Å². The topological polar surface area (TPSA) is 218 Å². The summed E-state index contributed by atoms with van der Waals surface area (Å²) in [6.07, 6.45) is -4.22. The van der Waals surface area contributed by atoms with E-state index in [0.29, 0.717) is 5.69 Å². The first-order valence-electron chi connectivity index (χ1n) is 10.1. The number of hydrogen-bond donors (Lipinski definition) is 6. The number of aliphatic hydroxyl groups is 2. The van der Waals surface area contributed by atoms with Crippen LogP contribution in [0.1, 0.15) is 6.23 Å². The maximum atomic E-state index is 12.3. The molecule has 35 heavy (non-hydrogen) atoms. The van der Waals surface area contributed by atoms with Crippen molar-refractivity contribution < 1.29 is 43.6 Å². The van der Waals surface area contributed by atoms with E-state index in [0.717, 1.165) is 6.33 Å².